The van der Waals surface area contributed by atoms with Gasteiger partial charge in [-0.3, -0.25) is 0 Å². The topological polar surface area (TPSA) is 65.7 Å². The minimum Gasteiger partial charge on any atom is -0.459 e. The number of esters is 1. The van der Waals surface area contributed by atoms with E-state index in [0.29, 0.717) is 11.1 Å². The van der Waals surface area contributed by atoms with Crippen LogP contribution in [-0.4, -0.2) is 18.7 Å². The SMILES string of the molecule is C=CCOC(C)C(=O)OCc1cc(=O)oc2cc(CC)ccc12. The highest BCUT2D eigenvalue weighted by Gasteiger charge is 2.15. The summed E-state index contributed by atoms with van der Waals surface area (Å²) in [5, 5.41) is 0.759. The van der Waals surface area contributed by atoms with Crippen LogP contribution in [0, 0.1) is 0 Å². The average Bonchev–Trinajstić information content (AvgIpc) is 2.56. The normalized spacial score (nSPS) is 12.1. The third-order valence-electron chi connectivity index (χ3n) is 3.47. The molecule has 2 rings (SSSR count). The van der Waals surface area contributed by atoms with E-state index < -0.39 is 17.7 Å². The Bertz CT molecular complexity index is 760. The van der Waals surface area contributed by atoms with Crippen LogP contribution in [0.4, 0.5) is 0 Å². The number of hydrogen-bond acceptors (Lipinski definition) is 5. The van der Waals surface area contributed by atoms with Crippen LogP contribution in [0.5, 0.6) is 0 Å². The molecule has 2 aromatic rings. The first-order chi connectivity index (χ1) is 11.0. The highest BCUT2D eigenvalue weighted by Crippen LogP contribution is 2.20. The van der Waals surface area contributed by atoms with Crippen LogP contribution >= 0.6 is 0 Å². The third-order valence-corrected chi connectivity index (χ3v) is 3.47. The van der Waals surface area contributed by atoms with Gasteiger partial charge in [0, 0.05) is 17.0 Å². The molecule has 1 heterocycles. The predicted molar refractivity (Wildman–Crippen MR) is 87.3 cm³/mol. The molecule has 0 aliphatic heterocycles. The summed E-state index contributed by atoms with van der Waals surface area (Å²) >= 11 is 0. The first kappa shape index (κ1) is 17.0. The van der Waals surface area contributed by atoms with E-state index in [0.717, 1.165) is 17.4 Å². The fourth-order valence-corrected chi connectivity index (χ4v) is 2.16. The molecule has 23 heavy (non-hydrogen) atoms. The Morgan fingerprint density at radius 3 is 2.87 bits per heavy atom. The molecule has 0 bridgehead atoms. The lowest BCUT2D eigenvalue weighted by molar-refractivity contribution is -0.156. The Morgan fingerprint density at radius 2 is 2.17 bits per heavy atom. The molecule has 122 valence electrons. The van der Waals surface area contributed by atoms with Crippen molar-refractivity contribution in [1.29, 1.82) is 0 Å². The molecule has 0 N–H and O–H groups in total. The molecule has 1 aromatic heterocycles. The zero-order valence-electron chi connectivity index (χ0n) is 13.3. The molecule has 1 atom stereocenters. The van der Waals surface area contributed by atoms with Crippen LogP contribution < -0.4 is 5.63 Å². The lowest BCUT2D eigenvalue weighted by Gasteiger charge is -2.12. The number of carbonyl (C=O) groups excluding carboxylic acids is 1. The Labute approximate surface area is 134 Å². The lowest BCUT2D eigenvalue weighted by atomic mass is 10.1. The number of benzene rings is 1. The molecule has 5 nitrogen and oxygen atoms in total. The van der Waals surface area contributed by atoms with E-state index in [2.05, 4.69) is 6.58 Å². The van der Waals surface area contributed by atoms with E-state index in [4.69, 9.17) is 13.9 Å². The fraction of sp³-hybridized carbons (Fsp3) is 0.333. The van der Waals surface area contributed by atoms with Crippen molar-refractivity contribution in [2.24, 2.45) is 0 Å². The summed E-state index contributed by atoms with van der Waals surface area (Å²) in [6, 6.07) is 7.01. The van der Waals surface area contributed by atoms with Gasteiger partial charge < -0.3 is 13.9 Å². The molecule has 0 radical (unpaired) electrons. The van der Waals surface area contributed by atoms with E-state index in [-0.39, 0.29) is 13.2 Å². The van der Waals surface area contributed by atoms with E-state index in [1.807, 2.05) is 25.1 Å². The minimum atomic E-state index is -0.689. The number of ether oxygens (including phenoxy) is 2. The molecule has 0 saturated heterocycles. The number of rotatable bonds is 7. The number of aryl methyl sites for hydroxylation is 1. The number of carbonyl (C=O) groups is 1. The molecular formula is C18H20O5. The van der Waals surface area contributed by atoms with E-state index in [9.17, 15) is 9.59 Å². The van der Waals surface area contributed by atoms with Crippen molar-refractivity contribution in [2.45, 2.75) is 33.0 Å². The van der Waals surface area contributed by atoms with E-state index >= 15 is 0 Å². The van der Waals surface area contributed by atoms with Crippen molar-refractivity contribution in [2.75, 3.05) is 6.61 Å². The van der Waals surface area contributed by atoms with Crippen molar-refractivity contribution < 1.29 is 18.7 Å². The second-order valence-electron chi connectivity index (χ2n) is 5.15. The summed E-state index contributed by atoms with van der Waals surface area (Å²) in [6.07, 6.45) is 1.72. The lowest BCUT2D eigenvalue weighted by Crippen LogP contribution is -2.23. The smallest absolute Gasteiger partial charge is 0.336 e. The molecule has 0 fully saturated rings. The first-order valence-corrected chi connectivity index (χ1v) is 7.50. The van der Waals surface area contributed by atoms with Crippen LogP contribution in [0.25, 0.3) is 11.0 Å². The second kappa shape index (κ2) is 7.74. The standard InChI is InChI=1S/C18H20O5/c1-4-8-21-12(3)18(20)22-11-14-10-17(19)23-16-9-13(5-2)6-7-15(14)16/h4,6-7,9-10,12H,1,5,8,11H2,2-3H3. The Balaban J connectivity index is 2.18. The Kier molecular flexibility index (Phi) is 5.71. The van der Waals surface area contributed by atoms with Crippen molar-refractivity contribution in [3.8, 4) is 0 Å². The number of hydrogen-bond donors (Lipinski definition) is 0. The van der Waals surface area contributed by atoms with Gasteiger partial charge in [-0.15, -0.1) is 6.58 Å². The summed E-state index contributed by atoms with van der Waals surface area (Å²) in [4.78, 5) is 23.5. The van der Waals surface area contributed by atoms with Gasteiger partial charge in [0.05, 0.1) is 6.61 Å². The predicted octanol–water partition coefficient (Wildman–Crippen LogP) is 2.99. The van der Waals surface area contributed by atoms with Crippen LogP contribution in [0.1, 0.15) is 25.0 Å². The Hall–Kier alpha value is -2.40. The van der Waals surface area contributed by atoms with Crippen LogP contribution in [0.15, 0.2) is 46.1 Å². The zero-order valence-corrected chi connectivity index (χ0v) is 13.3. The van der Waals surface area contributed by atoms with Crippen LogP contribution in [-0.2, 0) is 27.3 Å². The molecule has 5 heteroatoms. The molecule has 1 aromatic carbocycles. The summed E-state index contributed by atoms with van der Waals surface area (Å²) < 4.78 is 15.7. The highest BCUT2D eigenvalue weighted by molar-refractivity contribution is 5.81. The van der Waals surface area contributed by atoms with Gasteiger partial charge in [-0.2, -0.15) is 0 Å². The maximum absolute atomic E-state index is 11.9. The van der Waals surface area contributed by atoms with E-state index in [1.165, 1.54) is 6.07 Å². The third kappa shape index (κ3) is 4.29. The van der Waals surface area contributed by atoms with E-state index in [1.54, 1.807) is 13.0 Å². The molecule has 0 spiro atoms. The summed E-state index contributed by atoms with van der Waals surface area (Å²) in [5.74, 6) is -0.488. The van der Waals surface area contributed by atoms with Crippen molar-refractivity contribution in [1.82, 2.24) is 0 Å². The molecule has 0 aliphatic carbocycles. The van der Waals surface area contributed by atoms with Gasteiger partial charge >= 0.3 is 11.6 Å². The van der Waals surface area contributed by atoms with Crippen molar-refractivity contribution >= 4 is 16.9 Å². The maximum atomic E-state index is 11.9. The highest BCUT2D eigenvalue weighted by atomic mass is 16.6. The summed E-state index contributed by atoms with van der Waals surface area (Å²) in [7, 11) is 0. The second-order valence-corrected chi connectivity index (χ2v) is 5.15. The zero-order chi connectivity index (χ0) is 16.8. The average molecular weight is 316 g/mol. The molecule has 0 aliphatic rings. The minimum absolute atomic E-state index is 0.00576. The van der Waals surface area contributed by atoms with Gasteiger partial charge in [0.1, 0.15) is 12.2 Å². The molecule has 0 saturated carbocycles. The van der Waals surface area contributed by atoms with Gasteiger partial charge in [0.15, 0.2) is 6.10 Å². The van der Waals surface area contributed by atoms with Gasteiger partial charge in [0.25, 0.3) is 0 Å². The van der Waals surface area contributed by atoms with Crippen molar-refractivity contribution in [3.63, 3.8) is 0 Å². The summed E-state index contributed by atoms with van der Waals surface area (Å²) in [6.45, 7) is 7.42. The molecule has 1 unspecified atom stereocenters. The van der Waals surface area contributed by atoms with Crippen molar-refractivity contribution in [3.05, 3.63) is 58.5 Å². The molecular weight excluding hydrogens is 296 g/mol. The maximum Gasteiger partial charge on any atom is 0.336 e. The number of fused-ring (bicyclic) bond motifs is 1. The fourth-order valence-electron chi connectivity index (χ4n) is 2.16. The monoisotopic (exact) mass is 316 g/mol. The molecule has 0 amide bonds. The Morgan fingerprint density at radius 1 is 1.39 bits per heavy atom. The van der Waals surface area contributed by atoms with Crippen LogP contribution in [0.3, 0.4) is 0 Å². The van der Waals surface area contributed by atoms with Gasteiger partial charge in [0.2, 0.25) is 0 Å². The quantitative estimate of drug-likeness (QED) is 0.446. The van der Waals surface area contributed by atoms with Crippen LogP contribution in [0.2, 0.25) is 0 Å². The first-order valence-electron chi connectivity index (χ1n) is 7.50. The largest absolute Gasteiger partial charge is 0.459 e. The summed E-state index contributed by atoms with van der Waals surface area (Å²) in [5.41, 5.74) is 1.72. The van der Waals surface area contributed by atoms with Gasteiger partial charge in [-0.1, -0.05) is 25.1 Å². The van der Waals surface area contributed by atoms with Gasteiger partial charge in [-0.05, 0) is 25.0 Å². The van der Waals surface area contributed by atoms with Gasteiger partial charge in [-0.25, -0.2) is 9.59 Å².